The lowest BCUT2D eigenvalue weighted by atomic mass is 9.51. The average Bonchev–Trinajstić information content (AvgIpc) is 3.27. The van der Waals surface area contributed by atoms with Gasteiger partial charge in [-0.3, -0.25) is 0 Å². The first kappa shape index (κ1) is 38.6. The highest BCUT2D eigenvalue weighted by Gasteiger charge is 2.87. The third-order valence-corrected chi connectivity index (χ3v) is 10.8. The summed E-state index contributed by atoms with van der Waals surface area (Å²) in [4.78, 5) is 1.13. The van der Waals surface area contributed by atoms with Crippen LogP contribution < -0.4 is 0 Å². The van der Waals surface area contributed by atoms with E-state index in [9.17, 15) is 62.9 Å². The van der Waals surface area contributed by atoms with Gasteiger partial charge in [0.05, 0.1) is 6.10 Å². The zero-order valence-corrected chi connectivity index (χ0v) is 26.1. The maximum atomic E-state index is 15.9. The van der Waals surface area contributed by atoms with E-state index in [-0.39, 0.29) is 42.5 Å². The molecule has 48 heavy (non-hydrogen) atoms. The van der Waals surface area contributed by atoms with Crippen molar-refractivity contribution in [1.82, 2.24) is 4.90 Å². The van der Waals surface area contributed by atoms with Gasteiger partial charge in [-0.15, -0.1) is 0 Å². The van der Waals surface area contributed by atoms with Crippen LogP contribution in [0, 0.1) is 23.2 Å². The van der Waals surface area contributed by atoms with Crippen LogP contribution in [0.3, 0.4) is 0 Å². The van der Waals surface area contributed by atoms with Crippen LogP contribution >= 0.6 is 0 Å². The Labute approximate surface area is 269 Å². The number of rotatable bonds is 12. The summed E-state index contributed by atoms with van der Waals surface area (Å²) in [6.07, 6.45) is -5.18. The van der Waals surface area contributed by atoms with E-state index in [1.165, 1.54) is 13.1 Å². The van der Waals surface area contributed by atoms with Gasteiger partial charge in [-0.05, 0) is 105 Å². The molecule has 0 amide bonds. The molecule has 0 heterocycles. The lowest BCUT2D eigenvalue weighted by molar-refractivity contribution is -0.419. The first-order chi connectivity index (χ1) is 21.9. The standard InChI is InChI=1S/C32H38F13NO2/c1-27-16-22(33)26-20-8-7-19(47)15-18(20)14-17(25(26)21(27)9-10-24(27)48)6-4-3-5-12-46(2)13-11-23(34)28(35,36)29(37,38)30(39,40)31(41,42)32(43,44)45/h7-8,11,15,17,21-22,24-26,47-48H,3-6,9-10,12-14,16H2,1-2H3/b23-11-/t17-,21+,22+,24+,25+,26+,27+/m1/s1. The fraction of sp³-hybridized carbons (Fsp3) is 0.750. The molecule has 274 valence electrons. The van der Waals surface area contributed by atoms with Crippen LogP contribution in [0.1, 0.15) is 68.9 Å². The van der Waals surface area contributed by atoms with E-state index in [0.29, 0.717) is 38.5 Å². The number of alkyl halides is 12. The zero-order chi connectivity index (χ0) is 36.3. The molecular weight excluding hydrogens is 677 g/mol. The van der Waals surface area contributed by atoms with Crippen molar-refractivity contribution in [2.75, 3.05) is 20.1 Å². The number of nitrogens with zero attached hydrogens (tertiary/aromatic N) is 1. The lowest BCUT2D eigenvalue weighted by Crippen LogP contribution is -2.66. The minimum atomic E-state index is -7.68. The minimum Gasteiger partial charge on any atom is -0.508 e. The number of likely N-dealkylation sites (N-methyl/N-ethyl adjacent to an activating group) is 1. The van der Waals surface area contributed by atoms with Crippen molar-refractivity contribution < 1.29 is 67.3 Å². The number of benzene rings is 1. The fourth-order valence-corrected chi connectivity index (χ4v) is 8.18. The number of unbranched alkanes of at least 4 members (excludes halogenated alkanes) is 2. The van der Waals surface area contributed by atoms with Gasteiger partial charge in [0.2, 0.25) is 0 Å². The number of hydrogen-bond acceptors (Lipinski definition) is 3. The van der Waals surface area contributed by atoms with Gasteiger partial charge >= 0.3 is 29.9 Å². The summed E-state index contributed by atoms with van der Waals surface area (Å²) in [6, 6.07) is 4.92. The molecule has 2 fully saturated rings. The maximum absolute atomic E-state index is 15.9. The third kappa shape index (κ3) is 6.41. The molecule has 3 aliphatic carbocycles. The van der Waals surface area contributed by atoms with Crippen molar-refractivity contribution in [1.29, 1.82) is 0 Å². The summed E-state index contributed by atoms with van der Waals surface area (Å²) in [7, 11) is 1.23. The Bertz CT molecular complexity index is 1330. The van der Waals surface area contributed by atoms with E-state index in [4.69, 9.17) is 0 Å². The largest absolute Gasteiger partial charge is 0.508 e. The molecule has 0 spiro atoms. The van der Waals surface area contributed by atoms with Crippen molar-refractivity contribution in [3.63, 3.8) is 0 Å². The van der Waals surface area contributed by atoms with E-state index in [2.05, 4.69) is 0 Å². The summed E-state index contributed by atoms with van der Waals surface area (Å²) in [5.41, 5.74) is 1.13. The number of hydrogen-bond donors (Lipinski definition) is 2. The Kier molecular flexibility index (Phi) is 10.6. The van der Waals surface area contributed by atoms with Gasteiger partial charge in [0.1, 0.15) is 11.9 Å². The quantitative estimate of drug-likeness (QED) is 0.168. The Hall–Kier alpha value is -2.23. The second kappa shape index (κ2) is 13.1. The minimum absolute atomic E-state index is 0.0129. The highest BCUT2D eigenvalue weighted by atomic mass is 19.4. The summed E-state index contributed by atoms with van der Waals surface area (Å²) < 4.78 is 175. The molecule has 1 aromatic rings. The topological polar surface area (TPSA) is 43.7 Å². The van der Waals surface area contributed by atoms with Gasteiger partial charge in [0.15, 0.2) is 5.83 Å². The van der Waals surface area contributed by atoms with Gasteiger partial charge in [-0.2, -0.15) is 48.3 Å². The molecule has 2 N–H and O–H groups in total. The van der Waals surface area contributed by atoms with Crippen LogP contribution in [0.25, 0.3) is 0 Å². The van der Waals surface area contributed by atoms with Crippen LogP contribution in [0.4, 0.5) is 57.1 Å². The van der Waals surface area contributed by atoms with Crippen LogP contribution in [-0.2, 0) is 6.42 Å². The number of phenols is 1. The van der Waals surface area contributed by atoms with Crippen LogP contribution in [0.5, 0.6) is 5.75 Å². The molecule has 7 atom stereocenters. The van der Waals surface area contributed by atoms with E-state index >= 15 is 4.39 Å². The van der Waals surface area contributed by atoms with E-state index in [1.807, 2.05) is 6.92 Å². The lowest BCUT2D eigenvalue weighted by Gasteiger charge is -2.54. The summed E-state index contributed by atoms with van der Waals surface area (Å²) >= 11 is 0. The van der Waals surface area contributed by atoms with E-state index in [1.54, 1.807) is 12.1 Å². The van der Waals surface area contributed by atoms with E-state index < -0.39 is 65.8 Å². The Morgan fingerprint density at radius 2 is 1.58 bits per heavy atom. The number of aliphatic hydroxyl groups excluding tert-OH is 1. The van der Waals surface area contributed by atoms with Crippen LogP contribution in [0.15, 0.2) is 30.1 Å². The zero-order valence-electron chi connectivity index (χ0n) is 26.1. The Morgan fingerprint density at radius 3 is 2.21 bits per heavy atom. The molecule has 0 radical (unpaired) electrons. The summed E-state index contributed by atoms with van der Waals surface area (Å²) in [5, 5.41) is 20.8. The van der Waals surface area contributed by atoms with Crippen molar-refractivity contribution in [3.8, 4) is 5.75 Å². The number of phenolic OH excluding ortho intramolecular Hbond substituents is 1. The monoisotopic (exact) mass is 715 g/mol. The SMILES string of the molecule is CN(C/C=C(\F)C(F)(F)C(F)(F)C(F)(F)C(F)(F)C(F)(F)F)CCCCC[C@@H]1Cc2cc(O)ccc2[C@@H]2[C@@H]1[C@@H]1CC[C@H](O)[C@@]1(C)C[C@@H]2F. The van der Waals surface area contributed by atoms with Gasteiger partial charge in [-0.25, -0.2) is 8.78 Å². The average molecular weight is 716 g/mol. The maximum Gasteiger partial charge on any atom is 0.460 e. The molecule has 0 aliphatic heterocycles. The van der Waals surface area contributed by atoms with Crippen molar-refractivity contribution in [3.05, 3.63) is 41.2 Å². The molecule has 2 saturated carbocycles. The number of halogens is 13. The van der Waals surface area contributed by atoms with Crippen molar-refractivity contribution >= 4 is 0 Å². The molecule has 0 aromatic heterocycles. The molecule has 0 saturated heterocycles. The molecule has 3 aliphatic rings. The fourth-order valence-electron chi connectivity index (χ4n) is 8.18. The van der Waals surface area contributed by atoms with Crippen LogP contribution in [0.2, 0.25) is 0 Å². The molecular formula is C32H38F13NO2. The molecule has 4 rings (SSSR count). The first-order valence-corrected chi connectivity index (χ1v) is 15.7. The summed E-state index contributed by atoms with van der Waals surface area (Å²) in [6.45, 7) is 1.10. The second-order valence-corrected chi connectivity index (χ2v) is 13.8. The van der Waals surface area contributed by atoms with Crippen LogP contribution in [-0.4, -0.2) is 77.4 Å². The number of aliphatic hydroxyl groups is 1. The van der Waals surface area contributed by atoms with Gasteiger partial charge in [0, 0.05) is 12.5 Å². The predicted molar refractivity (Wildman–Crippen MR) is 149 cm³/mol. The third-order valence-electron chi connectivity index (χ3n) is 10.8. The molecule has 16 heteroatoms. The van der Waals surface area contributed by atoms with Crippen molar-refractivity contribution in [2.24, 2.45) is 23.2 Å². The molecule has 3 nitrogen and oxygen atoms in total. The normalized spacial score (nSPS) is 30.3. The van der Waals surface area contributed by atoms with Gasteiger partial charge in [0.25, 0.3) is 0 Å². The smallest absolute Gasteiger partial charge is 0.460 e. The predicted octanol–water partition coefficient (Wildman–Crippen LogP) is 9.23. The highest BCUT2D eigenvalue weighted by molar-refractivity contribution is 5.41. The second-order valence-electron chi connectivity index (χ2n) is 13.8. The number of allylic oxidation sites excluding steroid dienone is 1. The molecule has 1 aromatic carbocycles. The highest BCUT2D eigenvalue weighted by Crippen LogP contribution is 2.64. The first-order valence-electron chi connectivity index (χ1n) is 15.7. The van der Waals surface area contributed by atoms with Crippen molar-refractivity contribution in [2.45, 2.75) is 106 Å². The number of fused-ring (bicyclic) bond motifs is 5. The summed E-state index contributed by atoms with van der Waals surface area (Å²) in [5.74, 6) is -33.0. The van der Waals surface area contributed by atoms with E-state index in [0.717, 1.165) is 22.4 Å². The number of aromatic hydroxyl groups is 1. The Morgan fingerprint density at radius 1 is 0.938 bits per heavy atom. The molecule has 0 unspecified atom stereocenters. The molecule has 0 bridgehead atoms. The Balaban J connectivity index is 1.35. The van der Waals surface area contributed by atoms with Gasteiger partial charge in [-0.1, -0.05) is 25.8 Å². The van der Waals surface area contributed by atoms with Gasteiger partial charge < -0.3 is 15.1 Å².